The highest BCUT2D eigenvalue weighted by atomic mass is 35.5. The van der Waals surface area contributed by atoms with E-state index in [1.54, 1.807) is 12.1 Å². The molecule has 1 atom stereocenters. The number of aryl methyl sites for hydroxylation is 1. The van der Waals surface area contributed by atoms with Gasteiger partial charge in [-0.1, -0.05) is 23.7 Å². The number of nitrogens with zero attached hydrogens (tertiary/aromatic N) is 6. The second kappa shape index (κ2) is 7.94. The molecule has 1 saturated heterocycles. The number of rotatable bonds is 5. The van der Waals surface area contributed by atoms with Gasteiger partial charge in [0.1, 0.15) is 11.7 Å². The van der Waals surface area contributed by atoms with E-state index < -0.39 is 24.3 Å². The lowest BCUT2D eigenvalue weighted by Gasteiger charge is -2.28. The number of alkyl halides is 2. The molecule has 4 rings (SSSR count). The van der Waals surface area contributed by atoms with Crippen LogP contribution in [-0.4, -0.2) is 60.8 Å². The molecule has 1 aliphatic rings. The molecule has 0 unspecified atom stereocenters. The van der Waals surface area contributed by atoms with E-state index in [0.29, 0.717) is 10.7 Å². The third-order valence-corrected chi connectivity index (χ3v) is 5.17. The number of anilines is 1. The Balaban J connectivity index is 1.61. The second-order valence-corrected chi connectivity index (χ2v) is 7.36. The van der Waals surface area contributed by atoms with Crippen LogP contribution in [0.3, 0.4) is 0 Å². The zero-order valence-corrected chi connectivity index (χ0v) is 16.7. The monoisotopic (exact) mass is 433 g/mol. The fraction of sp³-hybridized carbons (Fsp3) is 0.316. The summed E-state index contributed by atoms with van der Waals surface area (Å²) in [7, 11) is 0. The summed E-state index contributed by atoms with van der Waals surface area (Å²) >= 11 is 5.75. The van der Waals surface area contributed by atoms with Crippen molar-refractivity contribution in [2.24, 2.45) is 0 Å². The second-order valence-electron chi connectivity index (χ2n) is 6.92. The minimum atomic E-state index is -3.05. The lowest BCUT2D eigenvalue weighted by Crippen LogP contribution is -2.47. The van der Waals surface area contributed by atoms with E-state index in [0.717, 1.165) is 5.56 Å². The maximum absolute atomic E-state index is 14.6. The molecule has 8 nitrogen and oxygen atoms in total. The van der Waals surface area contributed by atoms with Crippen LogP contribution in [0.5, 0.6) is 0 Å². The van der Waals surface area contributed by atoms with Gasteiger partial charge < -0.3 is 10.2 Å². The molecule has 3 aromatic rings. The van der Waals surface area contributed by atoms with E-state index in [4.69, 9.17) is 11.6 Å². The van der Waals surface area contributed by atoms with Crippen LogP contribution in [0.2, 0.25) is 5.02 Å². The smallest absolute Gasteiger partial charge is 0.271 e. The van der Waals surface area contributed by atoms with Crippen LogP contribution in [0, 0.1) is 6.92 Å². The van der Waals surface area contributed by atoms with E-state index >= 15 is 0 Å². The zero-order chi connectivity index (χ0) is 21.3. The summed E-state index contributed by atoms with van der Waals surface area (Å²) in [5, 5.41) is 11.3. The van der Waals surface area contributed by atoms with Crippen molar-refractivity contribution in [1.29, 1.82) is 0 Å². The molecule has 1 N–H and O–H groups in total. The summed E-state index contributed by atoms with van der Waals surface area (Å²) in [6.07, 6.45) is 5.28. The Hall–Kier alpha value is -3.14. The predicted octanol–water partition coefficient (Wildman–Crippen LogP) is 2.98. The predicted molar refractivity (Wildman–Crippen MR) is 106 cm³/mol. The quantitative estimate of drug-likeness (QED) is 0.665. The van der Waals surface area contributed by atoms with Crippen LogP contribution in [0.4, 0.5) is 14.7 Å². The normalized spacial score (nSPS) is 17.9. The zero-order valence-electron chi connectivity index (χ0n) is 16.0. The number of benzene rings is 1. The van der Waals surface area contributed by atoms with E-state index in [9.17, 15) is 13.6 Å². The molecule has 0 aliphatic carbocycles. The van der Waals surface area contributed by atoms with E-state index in [-0.39, 0.29) is 24.6 Å². The number of aromatic nitrogens is 5. The van der Waals surface area contributed by atoms with Crippen molar-refractivity contribution < 1.29 is 13.6 Å². The van der Waals surface area contributed by atoms with Crippen LogP contribution in [0.1, 0.15) is 22.3 Å². The lowest BCUT2D eigenvalue weighted by molar-refractivity contribution is -0.0249. The third kappa shape index (κ3) is 3.82. The standard InChI is InChI=1S/C19H18ClF2N7O/c1-12-3-2-4-14(16(12)29-26-6-7-27-29)17(30)28-8-5-19(21,22)15(28)11-25-18-23-9-13(20)10-24-18/h2-4,6-7,9-10,15H,5,8,11H2,1H3,(H,23,24,25)/t15-/m1/s1. The van der Waals surface area contributed by atoms with Gasteiger partial charge in [0.25, 0.3) is 11.8 Å². The molecule has 0 radical (unpaired) electrons. The van der Waals surface area contributed by atoms with Crippen molar-refractivity contribution in [3.05, 3.63) is 59.1 Å². The molecule has 3 heterocycles. The molecule has 2 aromatic heterocycles. The Labute approximate surface area is 175 Å². The lowest BCUT2D eigenvalue weighted by atomic mass is 10.1. The average Bonchev–Trinajstić information content (AvgIpc) is 3.34. The van der Waals surface area contributed by atoms with Crippen molar-refractivity contribution in [2.45, 2.75) is 25.3 Å². The van der Waals surface area contributed by atoms with Crippen LogP contribution in [0.15, 0.2) is 43.0 Å². The van der Waals surface area contributed by atoms with Gasteiger partial charge in [-0.3, -0.25) is 4.79 Å². The summed E-state index contributed by atoms with van der Waals surface area (Å²) in [5.41, 5.74) is 1.49. The van der Waals surface area contributed by atoms with Gasteiger partial charge in [0, 0.05) is 19.5 Å². The number of halogens is 3. The first kappa shape index (κ1) is 20.1. The van der Waals surface area contributed by atoms with Gasteiger partial charge in [0.2, 0.25) is 5.95 Å². The highest BCUT2D eigenvalue weighted by Gasteiger charge is 2.51. The molecule has 1 aromatic carbocycles. The van der Waals surface area contributed by atoms with Crippen molar-refractivity contribution >= 4 is 23.5 Å². The summed E-state index contributed by atoms with van der Waals surface area (Å²) in [4.78, 5) is 23.7. The first-order chi connectivity index (χ1) is 14.4. The molecule has 156 valence electrons. The Morgan fingerprint density at radius 2 is 1.97 bits per heavy atom. The third-order valence-electron chi connectivity index (χ3n) is 4.97. The highest BCUT2D eigenvalue weighted by molar-refractivity contribution is 6.30. The van der Waals surface area contributed by atoms with Gasteiger partial charge in [0.05, 0.1) is 35.4 Å². The first-order valence-corrected chi connectivity index (χ1v) is 9.61. The van der Waals surface area contributed by atoms with Gasteiger partial charge in [0.15, 0.2) is 0 Å². The molecule has 1 fully saturated rings. The summed E-state index contributed by atoms with van der Waals surface area (Å²) in [6, 6.07) is 3.75. The molecular weight excluding hydrogens is 416 g/mol. The number of carbonyl (C=O) groups is 1. The van der Waals surface area contributed by atoms with E-state index in [1.807, 2.05) is 13.0 Å². The number of likely N-dealkylation sites (tertiary alicyclic amines) is 1. The summed E-state index contributed by atoms with van der Waals surface area (Å²) in [6.45, 7) is 1.53. The van der Waals surface area contributed by atoms with Gasteiger partial charge in [-0.2, -0.15) is 15.0 Å². The van der Waals surface area contributed by atoms with Crippen molar-refractivity contribution in [1.82, 2.24) is 29.9 Å². The van der Waals surface area contributed by atoms with Crippen LogP contribution in [-0.2, 0) is 0 Å². The molecular formula is C19H18ClF2N7O. The van der Waals surface area contributed by atoms with Gasteiger partial charge in [-0.15, -0.1) is 0 Å². The van der Waals surface area contributed by atoms with Gasteiger partial charge in [-0.25, -0.2) is 18.7 Å². The Bertz CT molecular complexity index is 1040. The molecule has 1 aliphatic heterocycles. The fourth-order valence-electron chi connectivity index (χ4n) is 3.50. The minimum Gasteiger partial charge on any atom is -0.352 e. The molecule has 11 heteroatoms. The highest BCUT2D eigenvalue weighted by Crippen LogP contribution is 2.35. The molecule has 0 bridgehead atoms. The summed E-state index contributed by atoms with van der Waals surface area (Å²) < 4.78 is 29.3. The van der Waals surface area contributed by atoms with Crippen LogP contribution < -0.4 is 5.32 Å². The van der Waals surface area contributed by atoms with Crippen LogP contribution >= 0.6 is 11.6 Å². The molecule has 30 heavy (non-hydrogen) atoms. The number of hydrogen-bond donors (Lipinski definition) is 1. The average molecular weight is 434 g/mol. The maximum atomic E-state index is 14.6. The van der Waals surface area contributed by atoms with Gasteiger partial charge in [-0.05, 0) is 18.6 Å². The Morgan fingerprint density at radius 1 is 1.27 bits per heavy atom. The number of amides is 1. The molecule has 0 spiro atoms. The van der Waals surface area contributed by atoms with E-state index in [2.05, 4.69) is 25.5 Å². The number of nitrogens with one attached hydrogen (secondary N) is 1. The number of hydrogen-bond acceptors (Lipinski definition) is 6. The first-order valence-electron chi connectivity index (χ1n) is 9.23. The largest absolute Gasteiger partial charge is 0.352 e. The van der Waals surface area contributed by atoms with Gasteiger partial charge >= 0.3 is 0 Å². The molecule has 0 saturated carbocycles. The number of para-hydroxylation sites is 1. The fourth-order valence-corrected chi connectivity index (χ4v) is 3.59. The topological polar surface area (TPSA) is 88.8 Å². The summed E-state index contributed by atoms with van der Waals surface area (Å²) in [5.74, 6) is -3.40. The SMILES string of the molecule is Cc1cccc(C(=O)N2CCC(F)(F)[C@H]2CNc2ncc(Cl)cn2)c1-n1nccn1. The van der Waals surface area contributed by atoms with Crippen molar-refractivity contribution in [3.8, 4) is 5.69 Å². The Morgan fingerprint density at radius 3 is 2.67 bits per heavy atom. The Kier molecular flexibility index (Phi) is 5.33. The molecule has 1 amide bonds. The van der Waals surface area contributed by atoms with E-state index in [1.165, 1.54) is 34.5 Å². The van der Waals surface area contributed by atoms with Crippen LogP contribution in [0.25, 0.3) is 5.69 Å². The minimum absolute atomic E-state index is 0.0699. The maximum Gasteiger partial charge on any atom is 0.271 e. The van der Waals surface area contributed by atoms with Crippen molar-refractivity contribution in [3.63, 3.8) is 0 Å². The number of carbonyl (C=O) groups excluding carboxylic acids is 1. The van der Waals surface area contributed by atoms with Crippen molar-refractivity contribution in [2.75, 3.05) is 18.4 Å².